The first-order valence-corrected chi connectivity index (χ1v) is 2.57. The Morgan fingerprint density at radius 3 is 2.20 bits per heavy atom. The highest BCUT2D eigenvalue weighted by Gasteiger charge is 2.03. The smallest absolute Gasteiger partial charge is 0.268 e. The summed E-state index contributed by atoms with van der Waals surface area (Å²) in [6, 6.07) is 0. The maximum absolute atomic E-state index is 10.4. The van der Waals surface area contributed by atoms with Crippen molar-refractivity contribution in [2.75, 3.05) is 7.05 Å². The molecule has 0 saturated heterocycles. The van der Waals surface area contributed by atoms with E-state index in [1.165, 1.54) is 0 Å². The van der Waals surface area contributed by atoms with Crippen molar-refractivity contribution in [1.29, 1.82) is 0 Å². The number of carbonyl (C=O) groups is 1. The van der Waals surface area contributed by atoms with E-state index in [4.69, 9.17) is 11.5 Å². The van der Waals surface area contributed by atoms with E-state index >= 15 is 0 Å². The van der Waals surface area contributed by atoms with E-state index in [1.807, 2.05) is 0 Å². The van der Waals surface area contributed by atoms with E-state index < -0.39 is 5.91 Å². The summed E-state index contributed by atoms with van der Waals surface area (Å²) in [5.74, 6) is -0.510. The third-order valence-electron chi connectivity index (χ3n) is 0.915. The van der Waals surface area contributed by atoms with Gasteiger partial charge in [0, 0.05) is 7.05 Å². The standard InChI is InChI=1S/C5H10N4O/c1-8-5(9-2)3(6)4(7)10/h9H,1,6H2,2H3,(H2,7,10)/b5-3-. The molecule has 0 aliphatic heterocycles. The second kappa shape index (κ2) is 3.49. The number of nitrogens with one attached hydrogen (secondary N) is 1. The van der Waals surface area contributed by atoms with Crippen LogP contribution in [0.5, 0.6) is 0 Å². The molecule has 0 atom stereocenters. The second-order valence-electron chi connectivity index (χ2n) is 1.53. The Kier molecular flexibility index (Phi) is 2.96. The Hall–Kier alpha value is -1.52. The van der Waals surface area contributed by atoms with Crippen molar-refractivity contribution < 1.29 is 4.79 Å². The third kappa shape index (κ3) is 1.77. The van der Waals surface area contributed by atoms with Gasteiger partial charge in [-0.25, -0.2) is 4.99 Å². The zero-order valence-corrected chi connectivity index (χ0v) is 5.72. The highest BCUT2D eigenvalue weighted by atomic mass is 16.1. The second-order valence-corrected chi connectivity index (χ2v) is 1.53. The topological polar surface area (TPSA) is 93.5 Å². The molecular weight excluding hydrogens is 132 g/mol. The Bertz CT molecular complexity index is 184. The van der Waals surface area contributed by atoms with E-state index in [0.717, 1.165) is 0 Å². The number of rotatable bonds is 3. The zero-order chi connectivity index (χ0) is 8.15. The molecule has 0 aromatic rings. The summed E-state index contributed by atoms with van der Waals surface area (Å²) in [5, 5.41) is 2.56. The molecule has 0 unspecified atom stereocenters. The Labute approximate surface area is 58.8 Å². The third-order valence-corrected chi connectivity index (χ3v) is 0.915. The molecule has 0 aromatic heterocycles. The molecule has 10 heavy (non-hydrogen) atoms. The van der Waals surface area contributed by atoms with Gasteiger partial charge in [0.15, 0.2) is 5.82 Å². The number of primary amides is 1. The van der Waals surface area contributed by atoms with Crippen LogP contribution < -0.4 is 16.8 Å². The van der Waals surface area contributed by atoms with Crippen molar-refractivity contribution in [3.63, 3.8) is 0 Å². The lowest BCUT2D eigenvalue weighted by atomic mass is 10.4. The minimum Gasteiger partial charge on any atom is -0.391 e. The summed E-state index contributed by atoms with van der Waals surface area (Å²) in [5.41, 5.74) is 9.92. The van der Waals surface area contributed by atoms with E-state index in [0.29, 0.717) is 0 Å². The fourth-order valence-electron chi connectivity index (χ4n) is 0.416. The SMILES string of the molecule is C=N/C(NC)=C(/N)C(N)=O. The first-order valence-electron chi connectivity index (χ1n) is 2.57. The molecule has 5 nitrogen and oxygen atoms in total. The molecule has 0 radical (unpaired) electrons. The van der Waals surface area contributed by atoms with Gasteiger partial charge < -0.3 is 16.8 Å². The molecule has 0 aromatic carbocycles. The lowest BCUT2D eigenvalue weighted by Gasteiger charge is -2.01. The molecule has 0 heterocycles. The molecule has 5 heteroatoms. The number of nitrogens with zero attached hydrogens (tertiary/aromatic N) is 1. The molecule has 0 aliphatic carbocycles. The van der Waals surface area contributed by atoms with Crippen LogP contribution in [0, 0.1) is 0 Å². The van der Waals surface area contributed by atoms with Crippen LogP contribution >= 0.6 is 0 Å². The predicted molar refractivity (Wildman–Crippen MR) is 39.0 cm³/mol. The molecule has 0 spiro atoms. The van der Waals surface area contributed by atoms with Crippen molar-refractivity contribution in [2.45, 2.75) is 0 Å². The van der Waals surface area contributed by atoms with E-state index in [2.05, 4.69) is 17.0 Å². The van der Waals surface area contributed by atoms with Crippen LogP contribution in [0.25, 0.3) is 0 Å². The van der Waals surface area contributed by atoms with Crippen molar-refractivity contribution in [3.05, 3.63) is 11.5 Å². The summed E-state index contributed by atoms with van der Waals surface area (Å²) in [4.78, 5) is 13.8. The van der Waals surface area contributed by atoms with Crippen LogP contribution in [-0.2, 0) is 4.79 Å². The Morgan fingerprint density at radius 2 is 2.10 bits per heavy atom. The van der Waals surface area contributed by atoms with Crippen LogP contribution in [0.15, 0.2) is 16.5 Å². The number of hydrogen-bond acceptors (Lipinski definition) is 4. The average Bonchev–Trinajstić information content (AvgIpc) is 1.90. The summed E-state index contributed by atoms with van der Waals surface area (Å²) in [7, 11) is 1.57. The van der Waals surface area contributed by atoms with Crippen molar-refractivity contribution >= 4 is 12.6 Å². The predicted octanol–water partition coefficient (Wildman–Crippen LogP) is -1.48. The maximum atomic E-state index is 10.4. The lowest BCUT2D eigenvalue weighted by Crippen LogP contribution is -2.25. The number of carbonyl (C=O) groups excluding carboxylic acids is 1. The highest BCUT2D eigenvalue weighted by molar-refractivity contribution is 5.91. The van der Waals surface area contributed by atoms with Crippen molar-refractivity contribution in [2.24, 2.45) is 16.5 Å². The van der Waals surface area contributed by atoms with Gasteiger partial charge in [-0.2, -0.15) is 0 Å². The van der Waals surface area contributed by atoms with Crippen LogP contribution in [0.2, 0.25) is 0 Å². The molecule has 0 rings (SSSR count). The molecule has 1 amide bonds. The highest BCUT2D eigenvalue weighted by Crippen LogP contribution is 1.92. The summed E-state index contributed by atoms with van der Waals surface area (Å²) in [6.45, 7) is 3.18. The first-order chi connectivity index (χ1) is 4.63. The van der Waals surface area contributed by atoms with Gasteiger partial charge in [0.25, 0.3) is 5.91 Å². The van der Waals surface area contributed by atoms with Crippen LogP contribution in [0.4, 0.5) is 0 Å². The number of amides is 1. The van der Waals surface area contributed by atoms with E-state index in [-0.39, 0.29) is 11.5 Å². The molecular formula is C5H10N4O. The number of hydrogen-bond donors (Lipinski definition) is 3. The van der Waals surface area contributed by atoms with Crippen molar-refractivity contribution in [1.82, 2.24) is 5.32 Å². The first kappa shape index (κ1) is 8.48. The minimum absolute atomic E-state index is 0.113. The molecule has 0 saturated carbocycles. The molecule has 0 bridgehead atoms. The molecule has 0 fully saturated rings. The van der Waals surface area contributed by atoms with Gasteiger partial charge in [-0.1, -0.05) is 0 Å². The normalized spacial score (nSPS) is 11.7. The largest absolute Gasteiger partial charge is 0.391 e. The van der Waals surface area contributed by atoms with Gasteiger partial charge in [-0.15, -0.1) is 0 Å². The summed E-state index contributed by atoms with van der Waals surface area (Å²) in [6.07, 6.45) is 0. The monoisotopic (exact) mass is 142 g/mol. The summed E-state index contributed by atoms with van der Waals surface area (Å²) < 4.78 is 0. The van der Waals surface area contributed by atoms with Gasteiger partial charge in [0.2, 0.25) is 0 Å². The van der Waals surface area contributed by atoms with Crippen LogP contribution in [0.3, 0.4) is 0 Å². The van der Waals surface area contributed by atoms with Crippen LogP contribution in [0.1, 0.15) is 0 Å². The minimum atomic E-state index is -0.711. The molecule has 0 aliphatic rings. The molecule has 5 N–H and O–H groups in total. The number of aliphatic imine (C=N–C) groups is 1. The quantitative estimate of drug-likeness (QED) is 0.331. The molecule has 56 valence electrons. The fraction of sp³-hybridized carbons (Fsp3) is 0.200. The van der Waals surface area contributed by atoms with Gasteiger partial charge in [-0.05, 0) is 6.72 Å². The Morgan fingerprint density at radius 1 is 1.60 bits per heavy atom. The maximum Gasteiger partial charge on any atom is 0.268 e. The fourth-order valence-corrected chi connectivity index (χ4v) is 0.416. The van der Waals surface area contributed by atoms with Crippen molar-refractivity contribution in [3.8, 4) is 0 Å². The zero-order valence-electron chi connectivity index (χ0n) is 5.72. The average molecular weight is 142 g/mol. The van der Waals surface area contributed by atoms with Gasteiger partial charge in [-0.3, -0.25) is 4.79 Å². The lowest BCUT2D eigenvalue weighted by molar-refractivity contribution is -0.114. The van der Waals surface area contributed by atoms with Gasteiger partial charge in [0.1, 0.15) is 5.70 Å². The van der Waals surface area contributed by atoms with E-state index in [9.17, 15) is 4.79 Å². The number of nitrogens with two attached hydrogens (primary N) is 2. The summed E-state index contributed by atoms with van der Waals surface area (Å²) >= 11 is 0. The van der Waals surface area contributed by atoms with Gasteiger partial charge >= 0.3 is 0 Å². The van der Waals surface area contributed by atoms with E-state index in [1.54, 1.807) is 7.05 Å². The Balaban J connectivity index is 4.59. The van der Waals surface area contributed by atoms with Crippen LogP contribution in [-0.4, -0.2) is 19.7 Å². The van der Waals surface area contributed by atoms with Gasteiger partial charge in [0.05, 0.1) is 0 Å².